The Morgan fingerprint density at radius 2 is 1.95 bits per heavy atom. The zero-order chi connectivity index (χ0) is 15.2. The minimum absolute atomic E-state index is 0.115. The van der Waals surface area contributed by atoms with Gasteiger partial charge in [-0.2, -0.15) is 9.57 Å². The van der Waals surface area contributed by atoms with Gasteiger partial charge < -0.3 is 5.11 Å². The topological polar surface area (TPSA) is 98.5 Å². The smallest absolute Gasteiger partial charge is 0.308 e. The number of nitriles is 1. The molecule has 2 heterocycles. The van der Waals surface area contributed by atoms with Crippen molar-refractivity contribution in [3.63, 3.8) is 0 Å². The van der Waals surface area contributed by atoms with E-state index in [0.29, 0.717) is 24.8 Å². The fourth-order valence-electron chi connectivity index (χ4n) is 3.40. The molecule has 1 aromatic carbocycles. The molecule has 6 nitrogen and oxygen atoms in total. The lowest BCUT2D eigenvalue weighted by Gasteiger charge is -2.22. The van der Waals surface area contributed by atoms with Crippen LogP contribution in [0.3, 0.4) is 0 Å². The van der Waals surface area contributed by atoms with Gasteiger partial charge in [0, 0.05) is 12.1 Å². The number of carbonyl (C=O) groups is 1. The molecule has 0 aliphatic carbocycles. The maximum absolute atomic E-state index is 12.7. The molecule has 7 heteroatoms. The van der Waals surface area contributed by atoms with Crippen LogP contribution in [-0.4, -0.2) is 35.9 Å². The molecule has 2 aliphatic heterocycles. The molecule has 0 saturated carbocycles. The number of sulfonamides is 1. The standard InChI is InChI=1S/C14H14N2O4S/c15-8-9-1-4-11(5-2-9)21(19,20)16-10-3-6-13(16)12(7-10)14(17)18/h1-2,4-5,10,12-13H,3,6-7H2,(H,17,18). The number of aliphatic carboxylic acids is 1. The Bertz CT molecular complexity index is 720. The van der Waals surface area contributed by atoms with Crippen molar-refractivity contribution in [2.45, 2.75) is 36.2 Å². The molecule has 2 aliphatic rings. The number of rotatable bonds is 3. The molecular formula is C14H14N2O4S. The summed E-state index contributed by atoms with van der Waals surface area (Å²) in [5, 5.41) is 18.0. The van der Waals surface area contributed by atoms with Crippen LogP contribution < -0.4 is 0 Å². The van der Waals surface area contributed by atoms with Gasteiger partial charge in [-0.15, -0.1) is 0 Å². The summed E-state index contributed by atoms with van der Waals surface area (Å²) in [6.07, 6.45) is 1.69. The second-order valence-electron chi connectivity index (χ2n) is 5.45. The summed E-state index contributed by atoms with van der Waals surface area (Å²) in [6, 6.07) is 6.99. The van der Waals surface area contributed by atoms with E-state index in [-0.39, 0.29) is 10.9 Å². The number of hydrogen-bond donors (Lipinski definition) is 1. The average Bonchev–Trinajstić information content (AvgIpc) is 3.05. The van der Waals surface area contributed by atoms with E-state index in [4.69, 9.17) is 5.26 Å². The van der Waals surface area contributed by atoms with Crippen molar-refractivity contribution in [3.8, 4) is 6.07 Å². The van der Waals surface area contributed by atoms with Gasteiger partial charge in [0.05, 0.1) is 22.4 Å². The average molecular weight is 306 g/mol. The summed E-state index contributed by atoms with van der Waals surface area (Å²) in [5.74, 6) is -1.54. The molecule has 21 heavy (non-hydrogen) atoms. The predicted molar refractivity (Wildman–Crippen MR) is 72.7 cm³/mol. The summed E-state index contributed by atoms with van der Waals surface area (Å²) < 4.78 is 26.8. The molecule has 2 fully saturated rings. The molecule has 1 N–H and O–H groups in total. The molecule has 3 rings (SSSR count). The third-order valence-corrected chi connectivity index (χ3v) is 6.34. The number of hydrogen-bond acceptors (Lipinski definition) is 4. The Morgan fingerprint density at radius 1 is 1.29 bits per heavy atom. The highest BCUT2D eigenvalue weighted by atomic mass is 32.2. The van der Waals surface area contributed by atoms with Gasteiger partial charge in [0.15, 0.2) is 0 Å². The first-order valence-corrected chi connectivity index (χ1v) is 8.15. The van der Waals surface area contributed by atoms with E-state index in [0.717, 1.165) is 0 Å². The number of carboxylic acid groups (broad SMARTS) is 1. The summed E-state index contributed by atoms with van der Waals surface area (Å²) in [4.78, 5) is 11.3. The normalized spacial score (nSPS) is 28.4. The summed E-state index contributed by atoms with van der Waals surface area (Å²) in [5.41, 5.74) is 0.391. The van der Waals surface area contributed by atoms with Crippen LogP contribution in [0.15, 0.2) is 29.2 Å². The summed E-state index contributed by atoms with van der Waals surface area (Å²) in [7, 11) is -3.71. The molecule has 3 unspecified atom stereocenters. The van der Waals surface area contributed by atoms with Gasteiger partial charge in [-0.05, 0) is 43.5 Å². The van der Waals surface area contributed by atoms with Crippen LogP contribution in [0.25, 0.3) is 0 Å². The monoisotopic (exact) mass is 306 g/mol. The van der Waals surface area contributed by atoms with E-state index >= 15 is 0 Å². The van der Waals surface area contributed by atoms with Crippen LogP contribution in [0.1, 0.15) is 24.8 Å². The van der Waals surface area contributed by atoms with Crippen molar-refractivity contribution in [3.05, 3.63) is 29.8 Å². The molecular weight excluding hydrogens is 292 g/mol. The van der Waals surface area contributed by atoms with Crippen LogP contribution in [0.2, 0.25) is 0 Å². The molecule has 110 valence electrons. The minimum Gasteiger partial charge on any atom is -0.481 e. The number of benzene rings is 1. The van der Waals surface area contributed by atoms with Crippen molar-refractivity contribution < 1.29 is 18.3 Å². The SMILES string of the molecule is N#Cc1ccc(S(=O)(=O)N2C3CCC2C(C(=O)O)C3)cc1. The third kappa shape index (κ3) is 2.11. The van der Waals surface area contributed by atoms with Gasteiger partial charge in [-0.1, -0.05) is 0 Å². The largest absolute Gasteiger partial charge is 0.481 e. The lowest BCUT2D eigenvalue weighted by Crippen LogP contribution is -2.37. The first-order valence-electron chi connectivity index (χ1n) is 6.71. The Balaban J connectivity index is 1.96. The highest BCUT2D eigenvalue weighted by Crippen LogP contribution is 2.44. The fraction of sp³-hybridized carbons (Fsp3) is 0.429. The van der Waals surface area contributed by atoms with Gasteiger partial charge in [0.25, 0.3) is 0 Å². The molecule has 0 radical (unpaired) electrons. The highest BCUT2D eigenvalue weighted by molar-refractivity contribution is 7.89. The number of carboxylic acids is 1. The molecule has 3 atom stereocenters. The lowest BCUT2D eigenvalue weighted by atomic mass is 9.89. The van der Waals surface area contributed by atoms with E-state index in [2.05, 4.69) is 0 Å². The van der Waals surface area contributed by atoms with Crippen LogP contribution in [0, 0.1) is 17.2 Å². The summed E-state index contributed by atoms with van der Waals surface area (Å²) >= 11 is 0. The highest BCUT2D eigenvalue weighted by Gasteiger charge is 2.54. The van der Waals surface area contributed by atoms with Gasteiger partial charge in [-0.3, -0.25) is 4.79 Å². The van der Waals surface area contributed by atoms with Crippen molar-refractivity contribution in [1.82, 2.24) is 4.31 Å². The number of nitrogens with zero attached hydrogens (tertiary/aromatic N) is 2. The van der Waals surface area contributed by atoms with Crippen molar-refractivity contribution >= 4 is 16.0 Å². The second-order valence-corrected chi connectivity index (χ2v) is 7.29. The Labute approximate surface area is 122 Å². The Morgan fingerprint density at radius 3 is 2.48 bits per heavy atom. The lowest BCUT2D eigenvalue weighted by molar-refractivity contribution is -0.142. The fourth-order valence-corrected chi connectivity index (χ4v) is 5.32. The van der Waals surface area contributed by atoms with Crippen molar-refractivity contribution in [1.29, 1.82) is 5.26 Å². The van der Waals surface area contributed by atoms with Gasteiger partial charge in [0.1, 0.15) is 0 Å². The molecule has 2 bridgehead atoms. The Hall–Kier alpha value is -1.91. The molecule has 0 spiro atoms. The second kappa shape index (κ2) is 4.83. The first kappa shape index (κ1) is 14.0. The van der Waals surface area contributed by atoms with Crippen LogP contribution >= 0.6 is 0 Å². The number of fused-ring (bicyclic) bond motifs is 2. The minimum atomic E-state index is -3.71. The van der Waals surface area contributed by atoms with Crippen LogP contribution in [-0.2, 0) is 14.8 Å². The molecule has 2 saturated heterocycles. The molecule has 0 amide bonds. The van der Waals surface area contributed by atoms with Crippen molar-refractivity contribution in [2.75, 3.05) is 0 Å². The van der Waals surface area contributed by atoms with Gasteiger partial charge >= 0.3 is 5.97 Å². The van der Waals surface area contributed by atoms with Gasteiger partial charge in [-0.25, -0.2) is 8.42 Å². The van der Waals surface area contributed by atoms with Crippen LogP contribution in [0.5, 0.6) is 0 Å². The van der Waals surface area contributed by atoms with E-state index in [1.807, 2.05) is 6.07 Å². The quantitative estimate of drug-likeness (QED) is 0.904. The first-order chi connectivity index (χ1) is 9.95. The van der Waals surface area contributed by atoms with Crippen LogP contribution in [0.4, 0.5) is 0 Å². The molecule has 1 aromatic rings. The van der Waals surface area contributed by atoms with E-state index in [1.165, 1.54) is 28.6 Å². The summed E-state index contributed by atoms with van der Waals surface area (Å²) in [6.45, 7) is 0. The third-order valence-electron chi connectivity index (χ3n) is 4.35. The van der Waals surface area contributed by atoms with E-state index in [1.54, 1.807) is 0 Å². The van der Waals surface area contributed by atoms with Gasteiger partial charge in [0.2, 0.25) is 10.0 Å². The zero-order valence-electron chi connectivity index (χ0n) is 11.1. The molecule has 0 aromatic heterocycles. The predicted octanol–water partition coefficient (Wildman–Crippen LogP) is 1.18. The Kier molecular flexibility index (Phi) is 3.23. The maximum atomic E-state index is 12.7. The van der Waals surface area contributed by atoms with Crippen molar-refractivity contribution in [2.24, 2.45) is 5.92 Å². The van der Waals surface area contributed by atoms with E-state index < -0.39 is 28.0 Å². The maximum Gasteiger partial charge on any atom is 0.308 e. The van der Waals surface area contributed by atoms with E-state index in [9.17, 15) is 18.3 Å². The zero-order valence-corrected chi connectivity index (χ0v) is 12.0.